The van der Waals surface area contributed by atoms with E-state index in [0.717, 1.165) is 0 Å². The molecule has 0 radical (unpaired) electrons. The second-order valence-electron chi connectivity index (χ2n) is 5.36. The first-order valence-corrected chi connectivity index (χ1v) is 7.81. The highest BCUT2D eigenvalue weighted by atomic mass is 16.4. The van der Waals surface area contributed by atoms with Gasteiger partial charge in [0.1, 0.15) is 0 Å². The van der Waals surface area contributed by atoms with E-state index >= 15 is 0 Å². The number of amides is 2. The zero-order chi connectivity index (χ0) is 17.4. The summed E-state index contributed by atoms with van der Waals surface area (Å²) in [7, 11) is 0. The van der Waals surface area contributed by atoms with E-state index < -0.39 is 5.97 Å². The average Bonchev–Trinajstić information content (AvgIpc) is 2.54. The topological polar surface area (TPSA) is 86.7 Å². The number of nitrogens with zero attached hydrogens (tertiary/aromatic N) is 1. The van der Waals surface area contributed by atoms with E-state index in [9.17, 15) is 14.4 Å². The Bertz CT molecular complexity index is 550. The van der Waals surface area contributed by atoms with Gasteiger partial charge in [-0.3, -0.25) is 14.4 Å². The number of hydrogen-bond acceptors (Lipinski definition) is 3. The van der Waals surface area contributed by atoms with Gasteiger partial charge in [-0.2, -0.15) is 0 Å². The van der Waals surface area contributed by atoms with E-state index in [1.54, 1.807) is 36.1 Å². The van der Waals surface area contributed by atoms with Gasteiger partial charge in [0.05, 0.1) is 0 Å². The summed E-state index contributed by atoms with van der Waals surface area (Å²) in [6, 6.07) is 6.26. The van der Waals surface area contributed by atoms with Crippen molar-refractivity contribution in [3.63, 3.8) is 0 Å². The largest absolute Gasteiger partial charge is 0.481 e. The summed E-state index contributed by atoms with van der Waals surface area (Å²) >= 11 is 0. The molecule has 0 aliphatic rings. The van der Waals surface area contributed by atoms with Crippen molar-refractivity contribution in [3.8, 4) is 0 Å². The third kappa shape index (κ3) is 5.73. The minimum atomic E-state index is -0.884. The second-order valence-corrected chi connectivity index (χ2v) is 5.36. The fraction of sp³-hybridized carbons (Fsp3) is 0.471. The standard InChI is InChI=1S/C17H24N2O4/c1-4-19(5-2)17(23)14-9-7-13(8-10-14)16(22)18-12(3)6-11-15(20)21/h7-10,12H,4-6,11H2,1-3H3,(H,18,22)(H,20,21). The van der Waals surface area contributed by atoms with Crippen LogP contribution >= 0.6 is 0 Å². The number of aliphatic carboxylic acids is 1. The lowest BCUT2D eigenvalue weighted by Gasteiger charge is -2.18. The fourth-order valence-corrected chi connectivity index (χ4v) is 2.18. The van der Waals surface area contributed by atoms with Crippen molar-refractivity contribution in [3.05, 3.63) is 35.4 Å². The van der Waals surface area contributed by atoms with Gasteiger partial charge < -0.3 is 15.3 Å². The lowest BCUT2D eigenvalue weighted by Crippen LogP contribution is -2.33. The van der Waals surface area contributed by atoms with E-state index in [1.165, 1.54) is 0 Å². The van der Waals surface area contributed by atoms with Crippen molar-refractivity contribution in [2.45, 2.75) is 39.7 Å². The normalized spacial score (nSPS) is 11.6. The van der Waals surface area contributed by atoms with Crippen LogP contribution in [0, 0.1) is 0 Å². The number of carboxylic acids is 1. The number of carboxylic acid groups (broad SMARTS) is 1. The summed E-state index contributed by atoms with van der Waals surface area (Å²) in [4.78, 5) is 36.5. The molecule has 6 nitrogen and oxygen atoms in total. The minimum absolute atomic E-state index is 0.0127. The van der Waals surface area contributed by atoms with E-state index in [1.807, 2.05) is 13.8 Å². The molecule has 1 atom stereocenters. The van der Waals surface area contributed by atoms with Gasteiger partial charge in [0.15, 0.2) is 0 Å². The maximum atomic E-state index is 12.2. The quantitative estimate of drug-likeness (QED) is 0.768. The van der Waals surface area contributed by atoms with Crippen molar-refractivity contribution in [1.29, 1.82) is 0 Å². The Morgan fingerprint density at radius 2 is 1.61 bits per heavy atom. The minimum Gasteiger partial charge on any atom is -0.481 e. The van der Waals surface area contributed by atoms with Crippen LogP contribution in [0.5, 0.6) is 0 Å². The molecule has 0 fully saturated rings. The van der Waals surface area contributed by atoms with Gasteiger partial charge in [-0.15, -0.1) is 0 Å². The summed E-state index contributed by atoms with van der Waals surface area (Å²) in [5, 5.41) is 11.4. The van der Waals surface area contributed by atoms with Gasteiger partial charge >= 0.3 is 5.97 Å². The Morgan fingerprint density at radius 1 is 1.09 bits per heavy atom. The molecule has 0 bridgehead atoms. The van der Waals surface area contributed by atoms with E-state index in [-0.39, 0.29) is 24.3 Å². The molecule has 0 aromatic heterocycles. The number of rotatable bonds is 8. The lowest BCUT2D eigenvalue weighted by molar-refractivity contribution is -0.137. The molecule has 1 unspecified atom stereocenters. The predicted octanol–water partition coefficient (Wildman–Crippen LogP) is 2.15. The average molecular weight is 320 g/mol. The zero-order valence-electron chi connectivity index (χ0n) is 13.8. The van der Waals surface area contributed by atoms with Crippen LogP contribution in [-0.2, 0) is 4.79 Å². The van der Waals surface area contributed by atoms with Gasteiger partial charge in [0, 0.05) is 36.7 Å². The van der Waals surface area contributed by atoms with Crippen LogP contribution in [0.4, 0.5) is 0 Å². The molecule has 0 saturated heterocycles. The summed E-state index contributed by atoms with van der Waals surface area (Å²) < 4.78 is 0. The highest BCUT2D eigenvalue weighted by molar-refractivity contribution is 5.97. The third-order valence-electron chi connectivity index (χ3n) is 3.61. The van der Waals surface area contributed by atoms with E-state index in [4.69, 9.17) is 5.11 Å². The van der Waals surface area contributed by atoms with Crippen molar-refractivity contribution in [2.24, 2.45) is 0 Å². The van der Waals surface area contributed by atoms with Crippen molar-refractivity contribution in [1.82, 2.24) is 10.2 Å². The molecule has 1 aromatic rings. The molecule has 23 heavy (non-hydrogen) atoms. The summed E-state index contributed by atoms with van der Waals surface area (Å²) in [5.41, 5.74) is 0.993. The molecular formula is C17H24N2O4. The van der Waals surface area contributed by atoms with Crippen LogP contribution in [0.1, 0.15) is 54.3 Å². The molecule has 1 rings (SSSR count). The molecule has 1 aromatic carbocycles. The SMILES string of the molecule is CCN(CC)C(=O)c1ccc(C(=O)NC(C)CCC(=O)O)cc1. The maximum Gasteiger partial charge on any atom is 0.303 e. The highest BCUT2D eigenvalue weighted by Crippen LogP contribution is 2.09. The molecule has 126 valence electrons. The molecule has 2 amide bonds. The number of hydrogen-bond donors (Lipinski definition) is 2. The lowest BCUT2D eigenvalue weighted by atomic mass is 10.1. The molecule has 0 heterocycles. The molecule has 0 aliphatic carbocycles. The van der Waals surface area contributed by atoms with E-state index in [0.29, 0.717) is 30.6 Å². The van der Waals surface area contributed by atoms with Crippen LogP contribution in [0.25, 0.3) is 0 Å². The Hall–Kier alpha value is -2.37. The number of benzene rings is 1. The van der Waals surface area contributed by atoms with Gasteiger partial charge in [-0.25, -0.2) is 0 Å². The van der Waals surface area contributed by atoms with Crippen molar-refractivity contribution < 1.29 is 19.5 Å². The molecule has 0 saturated carbocycles. The number of carbonyl (C=O) groups is 3. The van der Waals surface area contributed by atoms with E-state index in [2.05, 4.69) is 5.32 Å². The fourth-order valence-electron chi connectivity index (χ4n) is 2.18. The third-order valence-corrected chi connectivity index (χ3v) is 3.61. The highest BCUT2D eigenvalue weighted by Gasteiger charge is 2.14. The molecular weight excluding hydrogens is 296 g/mol. The summed E-state index contributed by atoms with van der Waals surface area (Å²) in [6.07, 6.45) is 0.387. The molecule has 2 N–H and O–H groups in total. The Balaban J connectivity index is 2.67. The first kappa shape index (κ1) is 18.7. The zero-order valence-corrected chi connectivity index (χ0v) is 13.8. The van der Waals surface area contributed by atoms with Crippen molar-refractivity contribution >= 4 is 17.8 Å². The van der Waals surface area contributed by atoms with Crippen LogP contribution in [0.15, 0.2) is 24.3 Å². The maximum absolute atomic E-state index is 12.2. The predicted molar refractivity (Wildman–Crippen MR) is 87.5 cm³/mol. The van der Waals surface area contributed by atoms with Gasteiger partial charge in [-0.1, -0.05) is 0 Å². The molecule has 6 heteroatoms. The van der Waals surface area contributed by atoms with Crippen molar-refractivity contribution in [2.75, 3.05) is 13.1 Å². The Kier molecular flexibility index (Phi) is 7.25. The Labute approximate surface area is 136 Å². The summed E-state index contributed by atoms with van der Waals surface area (Å²) in [6.45, 7) is 6.87. The van der Waals surface area contributed by atoms with Crippen LogP contribution in [-0.4, -0.2) is 46.9 Å². The number of carbonyl (C=O) groups excluding carboxylic acids is 2. The van der Waals surface area contributed by atoms with Crippen LogP contribution in [0.2, 0.25) is 0 Å². The van der Waals surface area contributed by atoms with Crippen LogP contribution < -0.4 is 5.32 Å². The Morgan fingerprint density at radius 3 is 2.09 bits per heavy atom. The molecule has 0 spiro atoms. The van der Waals surface area contributed by atoms with Crippen LogP contribution in [0.3, 0.4) is 0 Å². The number of nitrogens with one attached hydrogen (secondary N) is 1. The van der Waals surface area contributed by atoms with Gasteiger partial charge in [0.2, 0.25) is 0 Å². The monoisotopic (exact) mass is 320 g/mol. The summed E-state index contributed by atoms with van der Waals surface area (Å²) in [5.74, 6) is -1.22. The second kappa shape index (κ2) is 8.92. The van der Waals surface area contributed by atoms with Gasteiger partial charge in [-0.05, 0) is 51.5 Å². The first-order chi connectivity index (χ1) is 10.9. The first-order valence-electron chi connectivity index (χ1n) is 7.81. The molecule has 0 aliphatic heterocycles. The smallest absolute Gasteiger partial charge is 0.303 e. The van der Waals surface area contributed by atoms with Gasteiger partial charge in [0.25, 0.3) is 11.8 Å².